The van der Waals surface area contributed by atoms with E-state index in [9.17, 15) is 9.59 Å². The molecule has 0 aromatic heterocycles. The Morgan fingerprint density at radius 1 is 1.35 bits per heavy atom. The van der Waals surface area contributed by atoms with Crippen LogP contribution in [-0.4, -0.2) is 43.3 Å². The number of carboxylic acid groups (broad SMARTS) is 1. The van der Waals surface area contributed by atoms with Crippen LogP contribution in [0.1, 0.15) is 17.3 Å². The first-order valence-electron chi connectivity index (χ1n) is 6.04. The monoisotopic (exact) mass is 281 g/mol. The number of carboxylic acids is 1. The molecule has 7 heteroatoms. The van der Waals surface area contributed by atoms with Crippen LogP contribution in [0.15, 0.2) is 12.1 Å². The molecule has 0 radical (unpaired) electrons. The molecule has 1 atom stereocenters. The van der Waals surface area contributed by atoms with E-state index < -0.39 is 17.9 Å². The first-order chi connectivity index (χ1) is 9.52. The van der Waals surface area contributed by atoms with Crippen molar-refractivity contribution < 1.29 is 28.9 Å². The van der Waals surface area contributed by atoms with E-state index in [-0.39, 0.29) is 5.56 Å². The third kappa shape index (κ3) is 2.76. The van der Waals surface area contributed by atoms with Crippen LogP contribution in [0.5, 0.6) is 17.2 Å². The van der Waals surface area contributed by atoms with Gasteiger partial charge in [-0.1, -0.05) is 0 Å². The molecule has 20 heavy (non-hydrogen) atoms. The van der Waals surface area contributed by atoms with Crippen molar-refractivity contribution in [3.63, 3.8) is 0 Å². The zero-order valence-electron chi connectivity index (χ0n) is 11.1. The molecule has 2 rings (SSSR count). The lowest BCUT2D eigenvalue weighted by atomic mass is 10.1. The van der Waals surface area contributed by atoms with Crippen LogP contribution in [0.2, 0.25) is 0 Å². The molecule has 0 spiro atoms. The Hall–Kier alpha value is -2.44. The minimum absolute atomic E-state index is 0.249. The van der Waals surface area contributed by atoms with Crippen molar-refractivity contribution in [3.8, 4) is 17.2 Å². The van der Waals surface area contributed by atoms with E-state index in [2.05, 4.69) is 5.32 Å². The molecule has 1 aromatic rings. The van der Waals surface area contributed by atoms with E-state index in [1.165, 1.54) is 26.2 Å². The highest BCUT2D eigenvalue weighted by Crippen LogP contribution is 2.40. The molecule has 1 aliphatic rings. The van der Waals surface area contributed by atoms with Crippen molar-refractivity contribution in [2.75, 3.05) is 20.3 Å². The molecule has 2 N–H and O–H groups in total. The average Bonchev–Trinajstić information content (AvgIpc) is 2.45. The summed E-state index contributed by atoms with van der Waals surface area (Å²) in [6, 6.07) is 2.00. The van der Waals surface area contributed by atoms with Crippen molar-refractivity contribution in [3.05, 3.63) is 17.7 Å². The molecular weight excluding hydrogens is 266 g/mol. The predicted molar refractivity (Wildman–Crippen MR) is 68.5 cm³/mol. The van der Waals surface area contributed by atoms with Crippen molar-refractivity contribution in [2.24, 2.45) is 0 Å². The third-order valence-corrected chi connectivity index (χ3v) is 2.81. The molecule has 0 saturated carbocycles. The van der Waals surface area contributed by atoms with Gasteiger partial charge in [-0.15, -0.1) is 0 Å². The van der Waals surface area contributed by atoms with Gasteiger partial charge in [-0.25, -0.2) is 0 Å². The molecule has 108 valence electrons. The number of amides is 1. The molecule has 0 bridgehead atoms. The molecule has 1 heterocycles. The van der Waals surface area contributed by atoms with Gasteiger partial charge in [0.15, 0.2) is 11.5 Å². The van der Waals surface area contributed by atoms with E-state index in [1.807, 2.05) is 0 Å². The number of methoxy groups -OCH3 is 1. The molecule has 1 aromatic carbocycles. The van der Waals surface area contributed by atoms with Crippen molar-refractivity contribution in [2.45, 2.75) is 13.0 Å². The number of nitrogens with one attached hydrogen (secondary N) is 1. The van der Waals surface area contributed by atoms with Gasteiger partial charge in [0.25, 0.3) is 5.91 Å². The summed E-state index contributed by atoms with van der Waals surface area (Å²) in [5.74, 6) is -0.404. The minimum atomic E-state index is -1.11. The number of benzene rings is 1. The Morgan fingerprint density at radius 3 is 2.70 bits per heavy atom. The zero-order chi connectivity index (χ0) is 14.7. The first kappa shape index (κ1) is 14.0. The van der Waals surface area contributed by atoms with Gasteiger partial charge in [-0.2, -0.15) is 0 Å². The number of carbonyl (C=O) groups excluding carboxylic acids is 1. The fourth-order valence-electron chi connectivity index (χ4n) is 1.75. The number of carbonyl (C=O) groups is 2. The second kappa shape index (κ2) is 5.68. The molecule has 0 unspecified atom stereocenters. The molecular formula is C13H15NO6. The van der Waals surface area contributed by atoms with Crippen LogP contribution in [-0.2, 0) is 4.79 Å². The van der Waals surface area contributed by atoms with E-state index in [0.717, 1.165) is 0 Å². The minimum Gasteiger partial charge on any atom is -0.493 e. The standard InChI is InChI=1S/C13H15NO6/c1-7(13(16)17)14-12(15)8-5-9(18-2)11-10(6-8)19-3-4-20-11/h5-7H,3-4H2,1-2H3,(H,14,15)(H,16,17)/t7-/m0/s1. The lowest BCUT2D eigenvalue weighted by molar-refractivity contribution is -0.138. The average molecular weight is 281 g/mol. The van der Waals surface area contributed by atoms with Gasteiger partial charge in [-0.05, 0) is 19.1 Å². The Labute approximate surface area is 115 Å². The highest BCUT2D eigenvalue weighted by Gasteiger charge is 2.22. The van der Waals surface area contributed by atoms with Gasteiger partial charge in [0, 0.05) is 5.56 Å². The summed E-state index contributed by atoms with van der Waals surface area (Å²) < 4.78 is 16.0. The van der Waals surface area contributed by atoms with Crippen LogP contribution >= 0.6 is 0 Å². The molecule has 7 nitrogen and oxygen atoms in total. The van der Waals surface area contributed by atoms with E-state index >= 15 is 0 Å². The summed E-state index contributed by atoms with van der Waals surface area (Å²) in [7, 11) is 1.45. The fraction of sp³-hybridized carbons (Fsp3) is 0.385. The van der Waals surface area contributed by atoms with Gasteiger partial charge in [0.05, 0.1) is 7.11 Å². The number of hydrogen-bond donors (Lipinski definition) is 2. The second-order valence-electron chi connectivity index (χ2n) is 4.24. The van der Waals surface area contributed by atoms with E-state index in [4.69, 9.17) is 19.3 Å². The summed E-state index contributed by atoms with van der Waals surface area (Å²) in [6.07, 6.45) is 0. The lowest BCUT2D eigenvalue weighted by Crippen LogP contribution is -2.38. The Balaban J connectivity index is 2.28. The molecule has 0 fully saturated rings. The van der Waals surface area contributed by atoms with Crippen LogP contribution in [0.4, 0.5) is 0 Å². The van der Waals surface area contributed by atoms with Crippen LogP contribution < -0.4 is 19.5 Å². The summed E-state index contributed by atoms with van der Waals surface area (Å²) in [5, 5.41) is 11.1. The Kier molecular flexibility index (Phi) is 3.97. The van der Waals surface area contributed by atoms with E-state index in [1.54, 1.807) is 0 Å². The van der Waals surface area contributed by atoms with Crippen LogP contribution in [0.3, 0.4) is 0 Å². The molecule has 0 aliphatic carbocycles. The number of hydrogen-bond acceptors (Lipinski definition) is 5. The van der Waals surface area contributed by atoms with Gasteiger partial charge < -0.3 is 24.6 Å². The van der Waals surface area contributed by atoms with Crippen molar-refractivity contribution in [1.29, 1.82) is 0 Å². The van der Waals surface area contributed by atoms with Gasteiger partial charge >= 0.3 is 5.97 Å². The van der Waals surface area contributed by atoms with Crippen LogP contribution in [0, 0.1) is 0 Å². The van der Waals surface area contributed by atoms with Gasteiger partial charge in [0.1, 0.15) is 19.3 Å². The SMILES string of the molecule is COc1cc(C(=O)N[C@@H](C)C(=O)O)cc2c1OCCO2. The quantitative estimate of drug-likeness (QED) is 0.842. The first-order valence-corrected chi connectivity index (χ1v) is 6.04. The maximum atomic E-state index is 12.0. The topological polar surface area (TPSA) is 94.1 Å². The maximum Gasteiger partial charge on any atom is 0.325 e. The predicted octanol–water partition coefficient (Wildman–Crippen LogP) is 0.669. The van der Waals surface area contributed by atoms with Crippen LogP contribution in [0.25, 0.3) is 0 Å². The lowest BCUT2D eigenvalue weighted by Gasteiger charge is -2.21. The highest BCUT2D eigenvalue weighted by molar-refractivity contribution is 5.97. The van der Waals surface area contributed by atoms with E-state index in [0.29, 0.717) is 30.5 Å². The number of rotatable bonds is 4. The van der Waals surface area contributed by atoms with Gasteiger partial charge in [-0.3, -0.25) is 9.59 Å². The summed E-state index contributed by atoms with van der Waals surface area (Å²) in [6.45, 7) is 2.17. The fourth-order valence-corrected chi connectivity index (χ4v) is 1.75. The number of fused-ring (bicyclic) bond motifs is 1. The van der Waals surface area contributed by atoms with Crippen molar-refractivity contribution >= 4 is 11.9 Å². The Morgan fingerprint density at radius 2 is 2.05 bits per heavy atom. The molecule has 1 aliphatic heterocycles. The summed E-state index contributed by atoms with van der Waals surface area (Å²) in [4.78, 5) is 22.7. The maximum absolute atomic E-state index is 12.0. The molecule has 1 amide bonds. The third-order valence-electron chi connectivity index (χ3n) is 2.81. The van der Waals surface area contributed by atoms with Gasteiger partial charge in [0.2, 0.25) is 5.75 Å². The smallest absolute Gasteiger partial charge is 0.325 e. The Bertz CT molecular complexity index is 525. The highest BCUT2D eigenvalue weighted by atomic mass is 16.6. The zero-order valence-corrected chi connectivity index (χ0v) is 11.1. The molecule has 0 saturated heterocycles. The van der Waals surface area contributed by atoms with Crippen molar-refractivity contribution in [1.82, 2.24) is 5.32 Å². The largest absolute Gasteiger partial charge is 0.493 e. The number of ether oxygens (including phenoxy) is 3. The normalized spacial score (nSPS) is 14.3. The number of aliphatic carboxylic acids is 1. The summed E-state index contributed by atoms with van der Waals surface area (Å²) in [5.41, 5.74) is 0.249. The second-order valence-corrected chi connectivity index (χ2v) is 4.24. The summed E-state index contributed by atoms with van der Waals surface area (Å²) >= 11 is 0.